The van der Waals surface area contributed by atoms with Crippen molar-refractivity contribution in [1.82, 2.24) is 15.1 Å². The zero-order valence-corrected chi connectivity index (χ0v) is 13.0. The minimum Gasteiger partial charge on any atom is -0.374 e. The molecule has 1 aromatic rings. The molecule has 0 aromatic carbocycles. The lowest BCUT2D eigenvalue weighted by atomic mass is 10.2. The first kappa shape index (κ1) is 15.2. The maximum atomic E-state index is 12.4. The van der Waals surface area contributed by atoms with E-state index >= 15 is 0 Å². The van der Waals surface area contributed by atoms with Gasteiger partial charge in [0, 0.05) is 12.1 Å². The van der Waals surface area contributed by atoms with Crippen LogP contribution in [0.2, 0.25) is 0 Å². The Kier molecular flexibility index (Phi) is 5.40. The van der Waals surface area contributed by atoms with E-state index in [0.29, 0.717) is 5.13 Å². The van der Waals surface area contributed by atoms with E-state index < -0.39 is 0 Å². The molecular formula is C11H20N4OS2. The van der Waals surface area contributed by atoms with E-state index in [1.807, 2.05) is 39.5 Å². The highest BCUT2D eigenvalue weighted by Crippen LogP contribution is 2.29. The summed E-state index contributed by atoms with van der Waals surface area (Å²) in [6.07, 6.45) is 0. The topological polar surface area (TPSA) is 72.1 Å². The Morgan fingerprint density at radius 3 is 2.17 bits per heavy atom. The molecular weight excluding hydrogens is 268 g/mol. The van der Waals surface area contributed by atoms with Crippen LogP contribution in [0.5, 0.6) is 0 Å². The second-order valence-electron chi connectivity index (χ2n) is 4.60. The van der Waals surface area contributed by atoms with Gasteiger partial charge in [-0.15, -0.1) is 10.2 Å². The van der Waals surface area contributed by atoms with Crippen molar-refractivity contribution in [2.24, 2.45) is 0 Å². The van der Waals surface area contributed by atoms with E-state index in [9.17, 15) is 4.79 Å². The Labute approximate surface area is 116 Å². The van der Waals surface area contributed by atoms with E-state index in [-0.39, 0.29) is 23.2 Å². The van der Waals surface area contributed by atoms with Crippen LogP contribution in [0.15, 0.2) is 4.34 Å². The van der Waals surface area contributed by atoms with Crippen molar-refractivity contribution in [2.75, 3.05) is 5.73 Å². The number of anilines is 1. The first-order chi connectivity index (χ1) is 8.32. The van der Waals surface area contributed by atoms with Gasteiger partial charge in [0.2, 0.25) is 11.0 Å². The first-order valence-corrected chi connectivity index (χ1v) is 7.60. The number of hydrogen-bond acceptors (Lipinski definition) is 6. The molecule has 0 bridgehead atoms. The molecule has 0 saturated heterocycles. The lowest BCUT2D eigenvalue weighted by Gasteiger charge is -2.32. The van der Waals surface area contributed by atoms with E-state index in [1.165, 1.54) is 23.1 Å². The van der Waals surface area contributed by atoms with Crippen LogP contribution in [0.1, 0.15) is 34.6 Å². The van der Waals surface area contributed by atoms with Crippen LogP contribution in [-0.2, 0) is 4.79 Å². The number of thioether (sulfide) groups is 1. The van der Waals surface area contributed by atoms with E-state index in [2.05, 4.69) is 10.2 Å². The highest BCUT2D eigenvalue weighted by Gasteiger charge is 2.26. The summed E-state index contributed by atoms with van der Waals surface area (Å²) in [5.74, 6) is 0.124. The molecule has 0 radical (unpaired) electrons. The molecule has 1 rings (SSSR count). The average Bonchev–Trinajstić information content (AvgIpc) is 2.62. The zero-order chi connectivity index (χ0) is 13.9. The minimum absolute atomic E-state index is 0.124. The van der Waals surface area contributed by atoms with Gasteiger partial charge in [-0.05, 0) is 34.6 Å². The van der Waals surface area contributed by atoms with Crippen LogP contribution in [0.25, 0.3) is 0 Å². The smallest absolute Gasteiger partial charge is 0.236 e. The van der Waals surface area contributed by atoms with Gasteiger partial charge in [-0.2, -0.15) is 0 Å². The number of hydrogen-bond donors (Lipinski definition) is 1. The number of nitrogen functional groups attached to an aromatic ring is 1. The van der Waals surface area contributed by atoms with Gasteiger partial charge in [-0.3, -0.25) is 4.79 Å². The number of nitrogens with zero attached hydrogens (tertiary/aromatic N) is 3. The van der Waals surface area contributed by atoms with E-state index in [0.717, 1.165) is 4.34 Å². The quantitative estimate of drug-likeness (QED) is 0.841. The standard InChI is InChI=1S/C11H20N4OS2/c1-6(2)15(7(3)4)9(16)8(5)17-11-14-13-10(12)18-11/h6-8H,1-5H3,(H2,12,13). The maximum absolute atomic E-state index is 12.4. The lowest BCUT2D eigenvalue weighted by Crippen LogP contribution is -2.45. The zero-order valence-electron chi connectivity index (χ0n) is 11.4. The summed E-state index contributed by atoms with van der Waals surface area (Å²) < 4.78 is 0.737. The minimum atomic E-state index is -0.179. The molecule has 102 valence electrons. The number of aromatic nitrogens is 2. The maximum Gasteiger partial charge on any atom is 0.236 e. The van der Waals surface area contributed by atoms with Crippen molar-refractivity contribution in [3.05, 3.63) is 0 Å². The predicted octanol–water partition coefficient (Wildman–Crippen LogP) is 2.25. The first-order valence-electron chi connectivity index (χ1n) is 5.90. The number of nitrogens with two attached hydrogens (primary N) is 1. The van der Waals surface area contributed by atoms with Gasteiger partial charge in [0.1, 0.15) is 0 Å². The van der Waals surface area contributed by atoms with Crippen molar-refractivity contribution in [1.29, 1.82) is 0 Å². The Balaban J connectivity index is 2.70. The number of rotatable bonds is 5. The summed E-state index contributed by atoms with van der Waals surface area (Å²) in [5, 5.41) is 7.92. The molecule has 0 aliphatic heterocycles. The third-order valence-corrected chi connectivity index (χ3v) is 4.34. The normalized spacial score (nSPS) is 13.1. The molecule has 2 N–H and O–H groups in total. The lowest BCUT2D eigenvalue weighted by molar-refractivity contribution is -0.133. The molecule has 1 aromatic heterocycles. The van der Waals surface area contributed by atoms with Crippen LogP contribution in [0.3, 0.4) is 0 Å². The molecule has 1 atom stereocenters. The summed E-state index contributed by atoms with van der Waals surface area (Å²) in [5.41, 5.74) is 5.52. The molecule has 7 heteroatoms. The summed E-state index contributed by atoms with van der Waals surface area (Å²) in [6, 6.07) is 0.389. The van der Waals surface area contributed by atoms with Crippen LogP contribution in [-0.4, -0.2) is 38.3 Å². The van der Waals surface area contributed by atoms with Crippen molar-refractivity contribution in [2.45, 2.75) is 56.3 Å². The van der Waals surface area contributed by atoms with Gasteiger partial charge in [-0.1, -0.05) is 23.1 Å². The van der Waals surface area contributed by atoms with Gasteiger partial charge >= 0.3 is 0 Å². The molecule has 0 aliphatic carbocycles. The van der Waals surface area contributed by atoms with Crippen LogP contribution in [0.4, 0.5) is 5.13 Å². The fourth-order valence-electron chi connectivity index (χ4n) is 1.78. The number of amides is 1. The molecule has 5 nitrogen and oxygen atoms in total. The third-order valence-electron chi connectivity index (χ3n) is 2.41. The van der Waals surface area contributed by atoms with Crippen LogP contribution in [0, 0.1) is 0 Å². The molecule has 0 saturated carbocycles. The second-order valence-corrected chi connectivity index (χ2v) is 7.20. The van der Waals surface area contributed by atoms with E-state index in [4.69, 9.17) is 5.73 Å². The Bertz CT molecular complexity index is 398. The van der Waals surface area contributed by atoms with Crippen molar-refractivity contribution >= 4 is 34.1 Å². The van der Waals surface area contributed by atoms with Crippen molar-refractivity contribution in [3.8, 4) is 0 Å². The molecule has 1 unspecified atom stereocenters. The highest BCUT2D eigenvalue weighted by atomic mass is 32.2. The Hall–Kier alpha value is -0.820. The molecule has 0 aliphatic rings. The van der Waals surface area contributed by atoms with Crippen molar-refractivity contribution in [3.63, 3.8) is 0 Å². The molecule has 1 heterocycles. The molecule has 0 spiro atoms. The van der Waals surface area contributed by atoms with Gasteiger partial charge in [0.05, 0.1) is 5.25 Å². The predicted molar refractivity (Wildman–Crippen MR) is 76.8 cm³/mol. The summed E-state index contributed by atoms with van der Waals surface area (Å²) in [7, 11) is 0. The molecule has 0 fully saturated rings. The molecule has 18 heavy (non-hydrogen) atoms. The van der Waals surface area contributed by atoms with Gasteiger partial charge < -0.3 is 10.6 Å². The van der Waals surface area contributed by atoms with Gasteiger partial charge in [0.25, 0.3) is 0 Å². The summed E-state index contributed by atoms with van der Waals surface area (Å²) >= 11 is 2.72. The third kappa shape index (κ3) is 3.84. The fraction of sp³-hybridized carbons (Fsp3) is 0.727. The second kappa shape index (κ2) is 6.38. The summed E-state index contributed by atoms with van der Waals surface area (Å²) in [6.45, 7) is 10.00. The fourth-order valence-corrected chi connectivity index (χ4v) is 3.62. The molecule has 1 amide bonds. The number of carbonyl (C=O) groups is 1. The van der Waals surface area contributed by atoms with Crippen LogP contribution < -0.4 is 5.73 Å². The highest BCUT2D eigenvalue weighted by molar-refractivity contribution is 8.02. The summed E-state index contributed by atoms with van der Waals surface area (Å²) in [4.78, 5) is 14.3. The Morgan fingerprint density at radius 2 is 1.78 bits per heavy atom. The number of carbonyl (C=O) groups excluding carboxylic acids is 1. The van der Waals surface area contributed by atoms with E-state index in [1.54, 1.807) is 0 Å². The van der Waals surface area contributed by atoms with Crippen molar-refractivity contribution < 1.29 is 4.79 Å². The van der Waals surface area contributed by atoms with Crippen LogP contribution >= 0.6 is 23.1 Å². The Morgan fingerprint density at radius 1 is 1.22 bits per heavy atom. The SMILES string of the molecule is CC(Sc1nnc(N)s1)C(=O)N(C(C)C)C(C)C. The monoisotopic (exact) mass is 288 g/mol. The van der Waals surface area contributed by atoms with Gasteiger partial charge in [0.15, 0.2) is 4.34 Å². The van der Waals surface area contributed by atoms with Gasteiger partial charge in [-0.25, -0.2) is 0 Å². The largest absolute Gasteiger partial charge is 0.374 e. The average molecular weight is 288 g/mol.